The SMILES string of the molecule is C[C@H]([C@@H](C)c1ccc(Cl)cc1)N(C)c1ccc(S(C)(=O)=O)cc1S(C)(=O)=O. The maximum atomic E-state index is 12.3. The first kappa shape index (κ1) is 21.7. The van der Waals surface area contributed by atoms with Crippen molar-refractivity contribution >= 4 is 37.0 Å². The first-order valence-corrected chi connectivity index (χ1v) is 12.5. The van der Waals surface area contributed by atoms with E-state index in [4.69, 9.17) is 11.6 Å². The highest BCUT2D eigenvalue weighted by Crippen LogP contribution is 2.32. The van der Waals surface area contributed by atoms with Crippen molar-refractivity contribution in [2.24, 2.45) is 0 Å². The lowest BCUT2D eigenvalue weighted by atomic mass is 9.93. The minimum atomic E-state index is -3.61. The molecule has 0 bridgehead atoms. The van der Waals surface area contributed by atoms with Gasteiger partial charge in [0.05, 0.1) is 15.5 Å². The summed E-state index contributed by atoms with van der Waals surface area (Å²) in [6.07, 6.45) is 2.14. The van der Waals surface area contributed by atoms with Crippen molar-refractivity contribution in [3.05, 3.63) is 53.1 Å². The highest BCUT2D eigenvalue weighted by Gasteiger charge is 2.25. The Morgan fingerprint density at radius 2 is 1.44 bits per heavy atom. The van der Waals surface area contributed by atoms with Crippen molar-refractivity contribution in [2.45, 2.75) is 35.6 Å². The van der Waals surface area contributed by atoms with E-state index in [1.165, 1.54) is 12.1 Å². The molecule has 0 aliphatic rings. The smallest absolute Gasteiger partial charge is 0.177 e. The van der Waals surface area contributed by atoms with E-state index in [9.17, 15) is 16.8 Å². The molecule has 0 radical (unpaired) electrons. The standard InChI is InChI=1S/C19H24ClNO4S2/c1-13(15-6-8-16(20)9-7-15)14(2)21(3)18-11-10-17(26(4,22)23)12-19(18)27(5,24)25/h6-14H,1-5H3/t13-,14-/m1/s1. The average Bonchev–Trinajstić information content (AvgIpc) is 2.58. The second kappa shape index (κ2) is 7.81. The number of benzene rings is 2. The van der Waals surface area contributed by atoms with Crippen LogP contribution in [0.5, 0.6) is 0 Å². The Morgan fingerprint density at radius 1 is 0.889 bits per heavy atom. The summed E-state index contributed by atoms with van der Waals surface area (Å²) >= 11 is 5.95. The molecule has 0 aromatic heterocycles. The maximum Gasteiger partial charge on any atom is 0.177 e. The van der Waals surface area contributed by atoms with E-state index in [1.54, 1.807) is 13.1 Å². The van der Waals surface area contributed by atoms with Gasteiger partial charge in [-0.05, 0) is 42.8 Å². The zero-order chi connectivity index (χ0) is 20.6. The van der Waals surface area contributed by atoms with E-state index in [0.717, 1.165) is 18.1 Å². The fraction of sp³-hybridized carbons (Fsp3) is 0.368. The first-order valence-electron chi connectivity index (χ1n) is 8.35. The summed E-state index contributed by atoms with van der Waals surface area (Å²) in [5, 5.41) is 0.655. The van der Waals surface area contributed by atoms with E-state index in [1.807, 2.05) is 36.1 Å². The van der Waals surface area contributed by atoms with Gasteiger partial charge in [-0.25, -0.2) is 16.8 Å². The molecule has 2 atom stereocenters. The highest BCUT2D eigenvalue weighted by atomic mass is 35.5. The van der Waals surface area contributed by atoms with Gasteiger partial charge in [0, 0.05) is 36.5 Å². The number of halogens is 1. The fourth-order valence-corrected chi connectivity index (χ4v) is 4.69. The summed E-state index contributed by atoms with van der Waals surface area (Å²) in [5.41, 5.74) is 1.55. The number of hydrogen-bond donors (Lipinski definition) is 0. The number of sulfone groups is 2. The van der Waals surface area contributed by atoms with Gasteiger partial charge in [0.1, 0.15) is 0 Å². The van der Waals surface area contributed by atoms with Gasteiger partial charge in [0.25, 0.3) is 0 Å². The predicted octanol–water partition coefficient (Wildman–Crippen LogP) is 3.78. The van der Waals surface area contributed by atoms with Crippen LogP contribution in [0, 0.1) is 0 Å². The van der Waals surface area contributed by atoms with Crippen molar-refractivity contribution in [2.75, 3.05) is 24.5 Å². The molecule has 2 rings (SSSR count). The topological polar surface area (TPSA) is 71.5 Å². The van der Waals surface area contributed by atoms with Crippen LogP contribution < -0.4 is 4.90 Å². The van der Waals surface area contributed by atoms with Crippen molar-refractivity contribution in [3.63, 3.8) is 0 Å². The molecule has 0 unspecified atom stereocenters. The summed E-state index contributed by atoms with van der Waals surface area (Å²) in [4.78, 5) is 1.85. The van der Waals surface area contributed by atoms with Crippen molar-refractivity contribution in [3.8, 4) is 0 Å². The first-order chi connectivity index (χ1) is 12.3. The maximum absolute atomic E-state index is 12.3. The summed E-state index contributed by atoms with van der Waals surface area (Å²) in [7, 11) is -5.31. The minimum absolute atomic E-state index is 0.00285. The number of hydrogen-bond acceptors (Lipinski definition) is 5. The van der Waals surface area contributed by atoms with Gasteiger partial charge >= 0.3 is 0 Å². The van der Waals surface area contributed by atoms with Crippen LogP contribution in [0.3, 0.4) is 0 Å². The molecule has 0 fully saturated rings. The Morgan fingerprint density at radius 3 is 1.93 bits per heavy atom. The van der Waals surface area contributed by atoms with Gasteiger partial charge in [-0.1, -0.05) is 30.7 Å². The second-order valence-corrected chi connectivity index (χ2v) is 11.3. The molecule has 2 aromatic rings. The molecule has 0 N–H and O–H groups in total. The highest BCUT2D eigenvalue weighted by molar-refractivity contribution is 7.91. The molecule has 2 aromatic carbocycles. The normalized spacial score (nSPS) is 14.6. The van der Waals surface area contributed by atoms with Gasteiger partial charge < -0.3 is 4.90 Å². The van der Waals surface area contributed by atoms with Crippen molar-refractivity contribution in [1.82, 2.24) is 0 Å². The lowest BCUT2D eigenvalue weighted by Crippen LogP contribution is -2.34. The van der Waals surface area contributed by atoms with Crippen LogP contribution >= 0.6 is 11.6 Å². The van der Waals surface area contributed by atoms with Gasteiger partial charge in [-0.3, -0.25) is 0 Å². The van der Waals surface area contributed by atoms with Gasteiger partial charge in [-0.2, -0.15) is 0 Å². The Bertz CT molecular complexity index is 1030. The van der Waals surface area contributed by atoms with Crippen LogP contribution in [0.4, 0.5) is 5.69 Å². The lowest BCUT2D eigenvalue weighted by Gasteiger charge is -2.33. The summed E-state index contributed by atoms with van der Waals surface area (Å²) in [5.74, 6) is 0.0919. The Labute approximate surface area is 166 Å². The molecular weight excluding hydrogens is 406 g/mol. The monoisotopic (exact) mass is 429 g/mol. The molecular formula is C19H24ClNO4S2. The van der Waals surface area contributed by atoms with Crippen LogP contribution in [-0.4, -0.2) is 42.4 Å². The van der Waals surface area contributed by atoms with Crippen molar-refractivity contribution in [1.29, 1.82) is 0 Å². The van der Waals surface area contributed by atoms with Gasteiger partial charge in [0.15, 0.2) is 19.7 Å². The van der Waals surface area contributed by atoms with Gasteiger partial charge in [0.2, 0.25) is 0 Å². The van der Waals surface area contributed by atoms with Crippen LogP contribution in [0.25, 0.3) is 0 Å². The van der Waals surface area contributed by atoms with E-state index in [2.05, 4.69) is 6.92 Å². The van der Waals surface area contributed by atoms with Gasteiger partial charge in [-0.15, -0.1) is 0 Å². The number of rotatable bonds is 6. The quantitative estimate of drug-likeness (QED) is 0.698. The summed E-state index contributed by atoms with van der Waals surface area (Å²) < 4.78 is 48.3. The Balaban J connectivity index is 2.48. The fourth-order valence-electron chi connectivity index (χ4n) is 2.91. The number of anilines is 1. The molecule has 0 spiro atoms. The van der Waals surface area contributed by atoms with E-state index >= 15 is 0 Å². The van der Waals surface area contributed by atoms with Crippen LogP contribution in [0.15, 0.2) is 52.3 Å². The zero-order valence-electron chi connectivity index (χ0n) is 16.0. The molecule has 8 heteroatoms. The molecule has 0 aliphatic heterocycles. The number of nitrogens with zero attached hydrogens (tertiary/aromatic N) is 1. The molecule has 148 valence electrons. The van der Waals surface area contributed by atoms with Crippen molar-refractivity contribution < 1.29 is 16.8 Å². The van der Waals surface area contributed by atoms with Crippen LogP contribution in [-0.2, 0) is 19.7 Å². The summed E-state index contributed by atoms with van der Waals surface area (Å²) in [6.45, 7) is 4.05. The molecule has 0 aliphatic carbocycles. The third-order valence-electron chi connectivity index (χ3n) is 4.87. The Kier molecular flexibility index (Phi) is 6.29. The van der Waals surface area contributed by atoms with E-state index in [-0.39, 0.29) is 21.8 Å². The molecule has 0 heterocycles. The average molecular weight is 430 g/mol. The Hall–Kier alpha value is -1.57. The van der Waals surface area contributed by atoms with Crippen LogP contribution in [0.2, 0.25) is 5.02 Å². The minimum Gasteiger partial charge on any atom is -0.370 e. The summed E-state index contributed by atoms with van der Waals surface area (Å²) in [6, 6.07) is 11.7. The van der Waals surface area contributed by atoms with Crippen LogP contribution in [0.1, 0.15) is 25.3 Å². The van der Waals surface area contributed by atoms with E-state index in [0.29, 0.717) is 10.7 Å². The largest absolute Gasteiger partial charge is 0.370 e. The third-order valence-corrected chi connectivity index (χ3v) is 7.36. The number of likely N-dealkylation sites (N-methyl/N-ethyl adjacent to an activating group) is 1. The second-order valence-electron chi connectivity index (χ2n) is 6.87. The van der Waals surface area contributed by atoms with E-state index < -0.39 is 19.7 Å². The zero-order valence-corrected chi connectivity index (χ0v) is 18.4. The molecule has 0 amide bonds. The predicted molar refractivity (Wildman–Crippen MR) is 110 cm³/mol. The molecule has 5 nitrogen and oxygen atoms in total. The third kappa shape index (κ3) is 5.03. The lowest BCUT2D eigenvalue weighted by molar-refractivity contribution is 0.573. The molecule has 27 heavy (non-hydrogen) atoms. The molecule has 0 saturated heterocycles. The molecule has 0 saturated carbocycles.